The van der Waals surface area contributed by atoms with Gasteiger partial charge in [-0.1, -0.05) is 45.9 Å². The number of hydrogen-bond donors (Lipinski definition) is 4. The normalized spacial score (nSPS) is 21.9. The van der Waals surface area contributed by atoms with Crippen LogP contribution >= 0.6 is 15.6 Å². The summed E-state index contributed by atoms with van der Waals surface area (Å²) >= 11 is 0. The number of methoxy groups -OCH3 is 1. The zero-order chi connectivity index (χ0) is 39.3. The molecule has 3 heterocycles. The van der Waals surface area contributed by atoms with Gasteiger partial charge in [-0.2, -0.15) is 15.4 Å². The van der Waals surface area contributed by atoms with Gasteiger partial charge in [0.05, 0.1) is 24.6 Å². The first-order chi connectivity index (χ1) is 24.8. The molecule has 1 fully saturated rings. The molecule has 4 rings (SSSR count). The van der Waals surface area contributed by atoms with Crippen molar-refractivity contribution in [2.24, 2.45) is 11.8 Å². The number of phosphoric acid groups is 1. The summed E-state index contributed by atoms with van der Waals surface area (Å²) in [7, 11) is -8.39. The zero-order valence-electron chi connectivity index (χ0n) is 29.5. The average Bonchev–Trinajstić information content (AvgIpc) is 3.66. The van der Waals surface area contributed by atoms with Crippen LogP contribution < -0.4 is 15.1 Å². The Hall–Kier alpha value is -4.44. The van der Waals surface area contributed by atoms with Crippen LogP contribution in [0, 0.1) is 28.6 Å². The number of fused-ring (bicyclic) bond motifs is 1. The summed E-state index contributed by atoms with van der Waals surface area (Å²) in [6.45, 7) is 5.82. The Balaban J connectivity index is 1.83. The standard InChI is InChI=1S/C31H40N6O14P2/c1-18(2)28(38)48-25-24(22-12-13-23-27(33)36(16-34-37(22)23)17-47-53(42,43)44)50-31(14-32,26(25)49-29(39)19(3)4)15-46-52(41,35-20(5)30(40)45-6)51-21-10-8-7-9-11-21/h7-13,16,18-20,24-26,33H,15,17H2,1-6H3,(H,35,41)(H2,42,43,44)/t20?,24-,25-,26-,31+,52-/m0/s1. The molecule has 1 aliphatic rings. The lowest BCUT2D eigenvalue weighted by Gasteiger charge is -2.31. The van der Waals surface area contributed by atoms with Crippen LogP contribution in [0.15, 0.2) is 48.8 Å². The van der Waals surface area contributed by atoms with Crippen molar-refractivity contribution in [3.8, 4) is 11.8 Å². The van der Waals surface area contributed by atoms with E-state index in [1.165, 1.54) is 49.6 Å². The Labute approximate surface area is 303 Å². The second-order valence-corrected chi connectivity index (χ2v) is 15.3. The van der Waals surface area contributed by atoms with E-state index in [1.54, 1.807) is 32.0 Å². The van der Waals surface area contributed by atoms with Gasteiger partial charge >= 0.3 is 33.5 Å². The molecule has 288 valence electrons. The quantitative estimate of drug-likeness (QED) is 0.0923. The predicted octanol–water partition coefficient (Wildman–Crippen LogP) is 2.51. The first-order valence-corrected chi connectivity index (χ1v) is 19.1. The van der Waals surface area contributed by atoms with Gasteiger partial charge < -0.3 is 33.3 Å². The Kier molecular flexibility index (Phi) is 13.0. The van der Waals surface area contributed by atoms with Crippen LogP contribution in [0.5, 0.6) is 5.75 Å². The number of rotatable bonds is 16. The van der Waals surface area contributed by atoms with Crippen LogP contribution in [0.3, 0.4) is 0 Å². The molecule has 1 saturated heterocycles. The number of nitriles is 1. The second-order valence-electron chi connectivity index (χ2n) is 12.4. The van der Waals surface area contributed by atoms with Gasteiger partial charge in [-0.15, -0.1) is 0 Å². The highest BCUT2D eigenvalue weighted by molar-refractivity contribution is 7.52. The lowest BCUT2D eigenvalue weighted by molar-refractivity contribution is -0.173. The number of para-hydroxylation sites is 1. The van der Waals surface area contributed by atoms with E-state index < -0.39 is 88.6 Å². The molecule has 1 aromatic carbocycles. The topological polar surface area (TPSA) is 272 Å². The maximum absolute atomic E-state index is 14.3. The molecule has 0 amide bonds. The predicted molar refractivity (Wildman–Crippen MR) is 179 cm³/mol. The van der Waals surface area contributed by atoms with E-state index in [1.807, 2.05) is 6.07 Å². The Bertz CT molecular complexity index is 2010. The van der Waals surface area contributed by atoms with Crippen molar-refractivity contribution < 1.29 is 65.8 Å². The third kappa shape index (κ3) is 9.76. The van der Waals surface area contributed by atoms with E-state index in [9.17, 15) is 28.8 Å². The minimum absolute atomic E-state index is 0.0588. The van der Waals surface area contributed by atoms with Gasteiger partial charge in [0.1, 0.15) is 49.1 Å². The van der Waals surface area contributed by atoms with Crippen molar-refractivity contribution in [3.63, 3.8) is 0 Å². The Morgan fingerprint density at radius 1 is 1.02 bits per heavy atom. The second kappa shape index (κ2) is 16.7. The van der Waals surface area contributed by atoms with Crippen molar-refractivity contribution in [1.82, 2.24) is 19.3 Å². The van der Waals surface area contributed by atoms with Crippen molar-refractivity contribution in [1.29, 1.82) is 10.7 Å². The van der Waals surface area contributed by atoms with Gasteiger partial charge in [-0.3, -0.25) is 33.4 Å². The van der Waals surface area contributed by atoms with Crippen molar-refractivity contribution in [2.75, 3.05) is 13.7 Å². The summed E-state index contributed by atoms with van der Waals surface area (Å²) in [4.78, 5) is 56.8. The van der Waals surface area contributed by atoms with Crippen LogP contribution in [-0.4, -0.2) is 79.4 Å². The zero-order valence-corrected chi connectivity index (χ0v) is 31.3. The summed E-state index contributed by atoms with van der Waals surface area (Å²) in [6, 6.07) is 11.3. The number of benzene rings is 1. The fourth-order valence-corrected chi connectivity index (χ4v) is 6.74. The summed E-state index contributed by atoms with van der Waals surface area (Å²) in [6.07, 6.45) is -3.71. The number of aromatic nitrogens is 3. The third-order valence-electron chi connectivity index (χ3n) is 7.72. The molecule has 0 saturated carbocycles. The largest absolute Gasteiger partial charge is 0.471 e. The number of carbonyl (C=O) groups is 3. The van der Waals surface area contributed by atoms with Crippen LogP contribution in [0.25, 0.3) is 5.52 Å². The molecule has 1 unspecified atom stereocenters. The fraction of sp³-hybridized carbons (Fsp3) is 0.484. The highest BCUT2D eigenvalue weighted by Crippen LogP contribution is 2.50. The van der Waals surface area contributed by atoms with E-state index in [0.29, 0.717) is 0 Å². The van der Waals surface area contributed by atoms with Gasteiger partial charge in [-0.25, -0.2) is 13.6 Å². The van der Waals surface area contributed by atoms with E-state index >= 15 is 0 Å². The molecule has 0 spiro atoms. The molecule has 22 heteroatoms. The van der Waals surface area contributed by atoms with E-state index in [0.717, 1.165) is 18.0 Å². The summed E-state index contributed by atoms with van der Waals surface area (Å²) in [5, 5.41) is 26.1. The first-order valence-electron chi connectivity index (χ1n) is 16.0. The molecule has 0 radical (unpaired) electrons. The average molecular weight is 783 g/mol. The number of carbonyl (C=O) groups excluding carboxylic acids is 3. The van der Waals surface area contributed by atoms with E-state index in [4.69, 9.17) is 43.2 Å². The molecule has 6 atom stereocenters. The van der Waals surface area contributed by atoms with Gasteiger partial charge in [0.25, 0.3) is 0 Å². The molecule has 4 N–H and O–H groups in total. The first kappa shape index (κ1) is 41.3. The Morgan fingerprint density at radius 3 is 2.25 bits per heavy atom. The minimum atomic E-state index is -4.90. The number of phosphoric ester groups is 1. The van der Waals surface area contributed by atoms with Gasteiger partial charge in [-0.05, 0) is 31.2 Å². The molecule has 1 aliphatic heterocycles. The highest BCUT2D eigenvalue weighted by atomic mass is 31.2. The minimum Gasteiger partial charge on any atom is -0.468 e. The molecule has 53 heavy (non-hydrogen) atoms. The Morgan fingerprint density at radius 2 is 1.66 bits per heavy atom. The lowest BCUT2D eigenvalue weighted by Crippen LogP contribution is -2.50. The number of ether oxygens (including phenoxy) is 4. The monoisotopic (exact) mass is 782 g/mol. The van der Waals surface area contributed by atoms with Gasteiger partial charge in [0.2, 0.25) is 5.60 Å². The molecule has 2 aromatic heterocycles. The number of esters is 3. The summed E-state index contributed by atoms with van der Waals surface area (Å²) in [5.74, 6) is -3.79. The van der Waals surface area contributed by atoms with Crippen molar-refractivity contribution >= 4 is 39.0 Å². The van der Waals surface area contributed by atoms with Crippen LogP contribution in [0.1, 0.15) is 46.4 Å². The lowest BCUT2D eigenvalue weighted by atomic mass is 9.95. The van der Waals surface area contributed by atoms with Gasteiger partial charge in [0, 0.05) is 0 Å². The van der Waals surface area contributed by atoms with E-state index in [-0.39, 0.29) is 22.4 Å². The maximum Gasteiger partial charge on any atom is 0.471 e. The number of nitrogens with zero attached hydrogens (tertiary/aromatic N) is 4. The molecule has 0 bridgehead atoms. The smallest absolute Gasteiger partial charge is 0.468 e. The molecule has 3 aromatic rings. The molecule has 20 nitrogen and oxygen atoms in total. The van der Waals surface area contributed by atoms with Crippen LogP contribution in [-0.2, 0) is 58.2 Å². The maximum atomic E-state index is 14.3. The van der Waals surface area contributed by atoms with Crippen LogP contribution in [0.2, 0.25) is 0 Å². The summed E-state index contributed by atoms with van der Waals surface area (Å²) < 4.78 is 66.4. The summed E-state index contributed by atoms with van der Waals surface area (Å²) in [5.41, 5.74) is -2.53. The van der Waals surface area contributed by atoms with Crippen molar-refractivity contribution in [3.05, 3.63) is 60.0 Å². The molecular formula is C31H40N6O14P2. The van der Waals surface area contributed by atoms with Gasteiger partial charge in [0.15, 0.2) is 17.7 Å². The number of hydrogen-bond acceptors (Lipinski definition) is 15. The molecule has 0 aliphatic carbocycles. The third-order valence-corrected chi connectivity index (χ3v) is 9.80. The molecular weight excluding hydrogens is 742 g/mol. The van der Waals surface area contributed by atoms with Crippen molar-refractivity contribution in [2.45, 2.75) is 71.3 Å². The SMILES string of the molecule is COC(=O)C(C)N[P@](=O)(OC[C@@]1(C#N)O[C@@H](c2ccc3c(=N)n(COP(=O)(O)O)cnn23)[C@H](OC(=O)C(C)C)[C@@H]1OC(=O)C(C)C)Oc1ccccc1. The highest BCUT2D eigenvalue weighted by Gasteiger charge is 2.62. The van der Waals surface area contributed by atoms with E-state index in [2.05, 4.69) is 14.7 Å². The van der Waals surface area contributed by atoms with Crippen LogP contribution in [0.4, 0.5) is 0 Å². The number of nitrogens with one attached hydrogen (secondary N) is 2. The fourth-order valence-electron chi connectivity index (χ4n) is 4.95.